The molecule has 0 aliphatic carbocycles. The largest absolute Gasteiger partial charge is 0.454 e. The molecule has 1 heterocycles. The van der Waals surface area contributed by atoms with Crippen LogP contribution in [0, 0.1) is 0 Å². The Kier molecular flexibility index (Phi) is 3.97. The van der Waals surface area contributed by atoms with Gasteiger partial charge >= 0.3 is 0 Å². The molecule has 0 atom stereocenters. The van der Waals surface area contributed by atoms with Crippen LogP contribution < -0.4 is 14.8 Å². The molecule has 0 fully saturated rings. The van der Waals surface area contributed by atoms with Crippen molar-refractivity contribution in [2.45, 2.75) is 13.0 Å². The maximum Gasteiger partial charge on any atom is 0.231 e. The van der Waals surface area contributed by atoms with E-state index in [0.717, 1.165) is 16.9 Å². The van der Waals surface area contributed by atoms with E-state index in [1.807, 2.05) is 36.4 Å². The zero-order valence-electron chi connectivity index (χ0n) is 11.3. The standard InChI is InChI=1S/C16H14ClNO3/c17-13-4-2-1-3-12(13)8-16(19)18-9-11-5-6-14-15(7-11)21-10-20-14/h1-7H,8-10H2,(H,18,19). The van der Waals surface area contributed by atoms with Crippen LogP contribution in [-0.2, 0) is 17.8 Å². The van der Waals surface area contributed by atoms with Crippen molar-refractivity contribution in [2.24, 2.45) is 0 Å². The van der Waals surface area contributed by atoms with E-state index in [9.17, 15) is 4.79 Å². The molecular formula is C16H14ClNO3. The van der Waals surface area contributed by atoms with E-state index >= 15 is 0 Å². The third kappa shape index (κ3) is 3.28. The van der Waals surface area contributed by atoms with Crippen molar-refractivity contribution in [3.8, 4) is 11.5 Å². The Morgan fingerprint density at radius 3 is 2.81 bits per heavy atom. The average molecular weight is 304 g/mol. The minimum absolute atomic E-state index is 0.0687. The van der Waals surface area contributed by atoms with Crippen LogP contribution in [0.5, 0.6) is 11.5 Å². The molecule has 0 radical (unpaired) electrons. The molecule has 0 saturated carbocycles. The van der Waals surface area contributed by atoms with Crippen LogP contribution in [0.15, 0.2) is 42.5 Å². The van der Waals surface area contributed by atoms with E-state index in [2.05, 4.69) is 5.32 Å². The van der Waals surface area contributed by atoms with Gasteiger partial charge in [-0.25, -0.2) is 0 Å². The summed E-state index contributed by atoms with van der Waals surface area (Å²) in [5, 5.41) is 3.48. The lowest BCUT2D eigenvalue weighted by molar-refractivity contribution is -0.120. The molecule has 5 heteroatoms. The lowest BCUT2D eigenvalue weighted by Crippen LogP contribution is -2.24. The molecule has 1 aliphatic heterocycles. The fraction of sp³-hybridized carbons (Fsp3) is 0.188. The Labute approximate surface area is 127 Å². The number of fused-ring (bicyclic) bond motifs is 1. The molecule has 21 heavy (non-hydrogen) atoms. The Bertz CT molecular complexity index is 672. The molecule has 1 amide bonds. The van der Waals surface area contributed by atoms with E-state index in [-0.39, 0.29) is 19.1 Å². The summed E-state index contributed by atoms with van der Waals surface area (Å²) < 4.78 is 10.6. The van der Waals surface area contributed by atoms with E-state index in [4.69, 9.17) is 21.1 Å². The molecular weight excluding hydrogens is 290 g/mol. The molecule has 1 N–H and O–H groups in total. The fourth-order valence-corrected chi connectivity index (χ4v) is 2.33. The number of rotatable bonds is 4. The van der Waals surface area contributed by atoms with Crippen molar-refractivity contribution in [2.75, 3.05) is 6.79 Å². The van der Waals surface area contributed by atoms with Gasteiger partial charge in [-0.15, -0.1) is 0 Å². The maximum atomic E-state index is 11.9. The van der Waals surface area contributed by atoms with Crippen LogP contribution in [0.25, 0.3) is 0 Å². The van der Waals surface area contributed by atoms with Crippen molar-refractivity contribution in [3.05, 3.63) is 58.6 Å². The number of hydrogen-bond donors (Lipinski definition) is 1. The van der Waals surface area contributed by atoms with Crippen molar-refractivity contribution >= 4 is 17.5 Å². The lowest BCUT2D eigenvalue weighted by atomic mass is 10.1. The summed E-state index contributed by atoms with van der Waals surface area (Å²) in [6.07, 6.45) is 0.268. The van der Waals surface area contributed by atoms with Gasteiger partial charge in [0, 0.05) is 11.6 Å². The van der Waals surface area contributed by atoms with Gasteiger partial charge in [-0.3, -0.25) is 4.79 Å². The third-order valence-corrected chi connectivity index (χ3v) is 3.60. The predicted octanol–water partition coefficient (Wildman–Crippen LogP) is 2.93. The van der Waals surface area contributed by atoms with Gasteiger partial charge in [-0.2, -0.15) is 0 Å². The number of amides is 1. The summed E-state index contributed by atoms with van der Waals surface area (Å²) in [4.78, 5) is 11.9. The Hall–Kier alpha value is -2.20. The minimum Gasteiger partial charge on any atom is -0.454 e. The zero-order valence-corrected chi connectivity index (χ0v) is 12.0. The van der Waals surface area contributed by atoms with Crippen LogP contribution in [0.4, 0.5) is 0 Å². The van der Waals surface area contributed by atoms with Gasteiger partial charge in [-0.1, -0.05) is 35.9 Å². The van der Waals surface area contributed by atoms with Crippen LogP contribution in [-0.4, -0.2) is 12.7 Å². The van der Waals surface area contributed by atoms with Crippen molar-refractivity contribution in [1.29, 1.82) is 0 Å². The number of carbonyl (C=O) groups excluding carboxylic acids is 1. The Morgan fingerprint density at radius 1 is 1.14 bits per heavy atom. The quantitative estimate of drug-likeness (QED) is 0.944. The number of ether oxygens (including phenoxy) is 2. The van der Waals surface area contributed by atoms with Crippen LogP contribution >= 0.6 is 11.6 Å². The van der Waals surface area contributed by atoms with E-state index in [1.165, 1.54) is 0 Å². The monoisotopic (exact) mass is 303 g/mol. The highest BCUT2D eigenvalue weighted by Gasteiger charge is 2.13. The second-order valence-electron chi connectivity index (χ2n) is 4.73. The summed E-state index contributed by atoms with van der Waals surface area (Å²) in [6.45, 7) is 0.692. The molecule has 0 aromatic heterocycles. The first-order valence-corrected chi connectivity index (χ1v) is 6.99. The first-order chi connectivity index (χ1) is 10.2. The van der Waals surface area contributed by atoms with Gasteiger partial charge in [0.05, 0.1) is 6.42 Å². The molecule has 0 bridgehead atoms. The predicted molar refractivity (Wildman–Crippen MR) is 79.6 cm³/mol. The molecule has 3 rings (SSSR count). The van der Waals surface area contributed by atoms with E-state index in [1.54, 1.807) is 6.07 Å². The van der Waals surface area contributed by atoms with E-state index in [0.29, 0.717) is 17.3 Å². The Morgan fingerprint density at radius 2 is 1.95 bits per heavy atom. The molecule has 0 saturated heterocycles. The highest BCUT2D eigenvalue weighted by molar-refractivity contribution is 6.31. The van der Waals surface area contributed by atoms with Crippen LogP contribution in [0.2, 0.25) is 5.02 Å². The summed E-state index contributed by atoms with van der Waals surface area (Å²) >= 11 is 6.04. The number of halogens is 1. The van der Waals surface area contributed by atoms with Gasteiger partial charge in [0.2, 0.25) is 12.7 Å². The van der Waals surface area contributed by atoms with Gasteiger partial charge in [0.15, 0.2) is 11.5 Å². The number of benzene rings is 2. The van der Waals surface area contributed by atoms with E-state index < -0.39 is 0 Å². The zero-order chi connectivity index (χ0) is 14.7. The molecule has 1 aliphatic rings. The molecule has 0 unspecified atom stereocenters. The number of nitrogens with one attached hydrogen (secondary N) is 1. The fourth-order valence-electron chi connectivity index (χ4n) is 2.13. The third-order valence-electron chi connectivity index (χ3n) is 3.24. The van der Waals surface area contributed by atoms with Crippen LogP contribution in [0.1, 0.15) is 11.1 Å². The summed E-state index contributed by atoms with van der Waals surface area (Å²) in [7, 11) is 0. The Balaban J connectivity index is 1.58. The lowest BCUT2D eigenvalue weighted by Gasteiger charge is -2.07. The smallest absolute Gasteiger partial charge is 0.231 e. The summed E-state index contributed by atoms with van der Waals surface area (Å²) in [5.74, 6) is 1.38. The van der Waals surface area contributed by atoms with Gasteiger partial charge in [-0.05, 0) is 29.3 Å². The molecule has 4 nitrogen and oxygen atoms in total. The van der Waals surface area contributed by atoms with Crippen molar-refractivity contribution in [3.63, 3.8) is 0 Å². The SMILES string of the molecule is O=C(Cc1ccccc1Cl)NCc1ccc2c(c1)OCO2. The number of hydrogen-bond acceptors (Lipinski definition) is 3. The summed E-state index contributed by atoms with van der Waals surface area (Å²) in [5.41, 5.74) is 1.79. The molecule has 0 spiro atoms. The van der Waals surface area contributed by atoms with Crippen LogP contribution in [0.3, 0.4) is 0 Å². The van der Waals surface area contributed by atoms with Crippen molar-refractivity contribution < 1.29 is 14.3 Å². The van der Waals surface area contributed by atoms with Gasteiger partial charge < -0.3 is 14.8 Å². The highest BCUT2D eigenvalue weighted by atomic mass is 35.5. The normalized spacial score (nSPS) is 12.2. The first kappa shape index (κ1) is 13.8. The second-order valence-corrected chi connectivity index (χ2v) is 5.14. The van der Waals surface area contributed by atoms with Gasteiger partial charge in [0.25, 0.3) is 0 Å². The average Bonchev–Trinajstić information content (AvgIpc) is 2.95. The maximum absolute atomic E-state index is 11.9. The molecule has 108 valence electrons. The molecule has 2 aromatic carbocycles. The summed E-state index contributed by atoms with van der Waals surface area (Å²) in [6, 6.07) is 13.0. The highest BCUT2D eigenvalue weighted by Crippen LogP contribution is 2.32. The first-order valence-electron chi connectivity index (χ1n) is 6.61. The minimum atomic E-state index is -0.0687. The van der Waals surface area contributed by atoms with Crippen molar-refractivity contribution in [1.82, 2.24) is 5.32 Å². The second kappa shape index (κ2) is 6.06. The topological polar surface area (TPSA) is 47.6 Å². The van der Waals surface area contributed by atoms with Gasteiger partial charge in [0.1, 0.15) is 0 Å². The number of carbonyl (C=O) groups is 1. The molecule has 2 aromatic rings.